The minimum atomic E-state index is -0.194. The minimum absolute atomic E-state index is 0.194. The number of thiazole rings is 1. The molecule has 0 radical (unpaired) electrons. The van der Waals surface area contributed by atoms with Gasteiger partial charge in [-0.3, -0.25) is 9.69 Å². The van der Waals surface area contributed by atoms with Crippen LogP contribution < -0.4 is 4.90 Å². The van der Waals surface area contributed by atoms with Crippen molar-refractivity contribution in [3.05, 3.63) is 57.0 Å². The number of hydrogen-bond donors (Lipinski definition) is 0. The van der Waals surface area contributed by atoms with Crippen LogP contribution in [0, 0.1) is 0 Å². The van der Waals surface area contributed by atoms with Gasteiger partial charge in [0.2, 0.25) is 0 Å². The first kappa shape index (κ1) is 20.4. The fraction of sp³-hybridized carbons (Fsp3) is 0.263. The summed E-state index contributed by atoms with van der Waals surface area (Å²) in [6.45, 7) is 1.39. The van der Waals surface area contributed by atoms with E-state index in [0.29, 0.717) is 32.3 Å². The van der Waals surface area contributed by atoms with Gasteiger partial charge in [0.1, 0.15) is 0 Å². The van der Waals surface area contributed by atoms with Crippen LogP contribution in [0.5, 0.6) is 0 Å². The second-order valence-electron chi connectivity index (χ2n) is 6.35. The molecule has 0 fully saturated rings. The van der Waals surface area contributed by atoms with Crippen LogP contribution in [0.3, 0.4) is 0 Å². The second-order valence-corrected chi connectivity index (χ2v) is 8.64. The van der Waals surface area contributed by atoms with Crippen molar-refractivity contribution in [2.45, 2.75) is 6.42 Å². The maximum absolute atomic E-state index is 13.2. The molecule has 27 heavy (non-hydrogen) atoms. The standard InChI is InChI=1S/C19H18Cl3N3OS/c1-24(2)8-3-9-25(18(26)14-6-4-12(20)10-15(14)22)19-23-16-7-5-13(21)11-17(16)27-19/h4-7,10-11H,3,8-9H2,1-2H3. The fourth-order valence-electron chi connectivity index (χ4n) is 2.64. The fourth-order valence-corrected chi connectivity index (χ4v) is 4.39. The summed E-state index contributed by atoms with van der Waals surface area (Å²) in [7, 11) is 4.00. The van der Waals surface area contributed by atoms with Gasteiger partial charge in [0.15, 0.2) is 5.13 Å². The third-order valence-electron chi connectivity index (χ3n) is 3.96. The molecule has 3 aromatic rings. The maximum atomic E-state index is 13.2. The van der Waals surface area contributed by atoms with Crippen LogP contribution in [0.1, 0.15) is 16.8 Å². The van der Waals surface area contributed by atoms with Gasteiger partial charge in [0.05, 0.1) is 20.8 Å². The van der Waals surface area contributed by atoms with E-state index in [-0.39, 0.29) is 5.91 Å². The molecule has 3 rings (SSSR count). The number of anilines is 1. The van der Waals surface area contributed by atoms with Gasteiger partial charge >= 0.3 is 0 Å². The van der Waals surface area contributed by atoms with Crippen LogP contribution in [-0.2, 0) is 0 Å². The molecule has 1 heterocycles. The van der Waals surface area contributed by atoms with Crippen molar-refractivity contribution >= 4 is 67.4 Å². The summed E-state index contributed by atoms with van der Waals surface area (Å²) in [6.07, 6.45) is 0.806. The lowest BCUT2D eigenvalue weighted by molar-refractivity contribution is 0.0986. The average molecular weight is 443 g/mol. The average Bonchev–Trinajstić information content (AvgIpc) is 3.00. The first-order valence-electron chi connectivity index (χ1n) is 8.33. The quantitative estimate of drug-likeness (QED) is 0.480. The summed E-state index contributed by atoms with van der Waals surface area (Å²) in [6, 6.07) is 10.4. The van der Waals surface area contributed by atoms with Gasteiger partial charge in [0, 0.05) is 16.6 Å². The van der Waals surface area contributed by atoms with Crippen molar-refractivity contribution in [1.29, 1.82) is 0 Å². The molecule has 8 heteroatoms. The van der Waals surface area contributed by atoms with Gasteiger partial charge in [-0.25, -0.2) is 4.98 Å². The molecule has 0 atom stereocenters. The van der Waals surface area contributed by atoms with Crippen LogP contribution in [-0.4, -0.2) is 43.0 Å². The zero-order valence-electron chi connectivity index (χ0n) is 14.9. The van der Waals surface area contributed by atoms with Gasteiger partial charge in [0.25, 0.3) is 5.91 Å². The molecule has 2 aromatic carbocycles. The van der Waals surface area contributed by atoms with Crippen molar-refractivity contribution in [1.82, 2.24) is 9.88 Å². The van der Waals surface area contributed by atoms with Crippen LogP contribution in [0.25, 0.3) is 10.2 Å². The maximum Gasteiger partial charge on any atom is 0.261 e. The highest BCUT2D eigenvalue weighted by molar-refractivity contribution is 7.22. The molecule has 0 saturated heterocycles. The Morgan fingerprint density at radius 1 is 1.04 bits per heavy atom. The third kappa shape index (κ3) is 4.92. The topological polar surface area (TPSA) is 36.4 Å². The molecule has 4 nitrogen and oxygen atoms in total. The van der Waals surface area contributed by atoms with Crippen molar-refractivity contribution < 1.29 is 4.79 Å². The zero-order chi connectivity index (χ0) is 19.6. The molecule has 142 valence electrons. The first-order valence-corrected chi connectivity index (χ1v) is 10.3. The highest BCUT2D eigenvalue weighted by Gasteiger charge is 2.23. The predicted molar refractivity (Wildman–Crippen MR) is 116 cm³/mol. The van der Waals surface area contributed by atoms with Gasteiger partial charge in [-0.15, -0.1) is 0 Å². The highest BCUT2D eigenvalue weighted by atomic mass is 35.5. The molecule has 0 N–H and O–H groups in total. The molecule has 1 aromatic heterocycles. The Morgan fingerprint density at radius 3 is 2.44 bits per heavy atom. The Balaban J connectivity index is 1.97. The van der Waals surface area contributed by atoms with E-state index < -0.39 is 0 Å². The number of amides is 1. The van der Waals surface area contributed by atoms with Gasteiger partial charge in [-0.2, -0.15) is 0 Å². The molecule has 0 unspecified atom stereocenters. The van der Waals surface area contributed by atoms with Crippen LogP contribution in [0.4, 0.5) is 5.13 Å². The smallest absolute Gasteiger partial charge is 0.261 e. The number of hydrogen-bond acceptors (Lipinski definition) is 4. The monoisotopic (exact) mass is 441 g/mol. The molecule has 0 bridgehead atoms. The van der Waals surface area contributed by atoms with E-state index in [1.807, 2.05) is 26.2 Å². The molecule has 0 aliphatic rings. The number of carbonyl (C=O) groups excluding carboxylic acids is 1. The van der Waals surface area contributed by atoms with E-state index in [9.17, 15) is 4.79 Å². The van der Waals surface area contributed by atoms with Crippen molar-refractivity contribution in [3.63, 3.8) is 0 Å². The van der Waals surface area contributed by atoms with Crippen LogP contribution in [0.2, 0.25) is 15.1 Å². The third-order valence-corrected chi connectivity index (χ3v) is 5.79. The SMILES string of the molecule is CN(C)CCCN(C(=O)c1ccc(Cl)cc1Cl)c1nc2ccc(Cl)cc2s1. The summed E-state index contributed by atoms with van der Waals surface area (Å²) >= 11 is 19.8. The van der Waals surface area contributed by atoms with Crippen molar-refractivity contribution in [3.8, 4) is 0 Å². The van der Waals surface area contributed by atoms with E-state index in [1.165, 1.54) is 11.3 Å². The number of rotatable bonds is 6. The highest BCUT2D eigenvalue weighted by Crippen LogP contribution is 2.32. The van der Waals surface area contributed by atoms with Crippen LogP contribution >= 0.6 is 46.1 Å². The Bertz CT molecular complexity index is 974. The van der Waals surface area contributed by atoms with E-state index in [1.54, 1.807) is 29.2 Å². The number of fused-ring (bicyclic) bond motifs is 1. The Morgan fingerprint density at radius 2 is 1.74 bits per heavy atom. The molecule has 1 amide bonds. The number of benzene rings is 2. The lowest BCUT2D eigenvalue weighted by atomic mass is 10.2. The summed E-state index contributed by atoms with van der Waals surface area (Å²) in [5.41, 5.74) is 1.22. The number of aromatic nitrogens is 1. The number of halogens is 3. The van der Waals surface area contributed by atoms with E-state index in [4.69, 9.17) is 34.8 Å². The molecular weight excluding hydrogens is 425 g/mol. The van der Waals surface area contributed by atoms with Crippen LogP contribution in [0.15, 0.2) is 36.4 Å². The summed E-state index contributed by atoms with van der Waals surface area (Å²) in [5.74, 6) is -0.194. The van der Waals surface area contributed by atoms with E-state index in [0.717, 1.165) is 23.2 Å². The van der Waals surface area contributed by atoms with Gasteiger partial charge < -0.3 is 4.90 Å². The number of nitrogens with zero attached hydrogens (tertiary/aromatic N) is 3. The molecule has 0 spiro atoms. The minimum Gasteiger partial charge on any atom is -0.309 e. The first-order chi connectivity index (χ1) is 12.8. The summed E-state index contributed by atoms with van der Waals surface area (Å²) in [5, 5.41) is 2.09. The van der Waals surface area contributed by atoms with E-state index >= 15 is 0 Å². The Hall–Kier alpha value is -1.37. The summed E-state index contributed by atoms with van der Waals surface area (Å²) in [4.78, 5) is 21.6. The number of carbonyl (C=O) groups is 1. The molecule has 0 aliphatic carbocycles. The van der Waals surface area contributed by atoms with E-state index in [2.05, 4.69) is 9.88 Å². The Kier molecular flexibility index (Phi) is 6.61. The zero-order valence-corrected chi connectivity index (χ0v) is 18.0. The second kappa shape index (κ2) is 8.76. The van der Waals surface area contributed by atoms with Gasteiger partial charge in [-0.1, -0.05) is 46.1 Å². The molecule has 0 saturated carbocycles. The normalized spacial score (nSPS) is 11.3. The predicted octanol–water partition coefficient (Wildman–Crippen LogP) is 5.86. The Labute approximate surface area is 177 Å². The van der Waals surface area contributed by atoms with Crippen molar-refractivity contribution in [2.24, 2.45) is 0 Å². The summed E-state index contributed by atoms with van der Waals surface area (Å²) < 4.78 is 0.935. The molecular formula is C19H18Cl3N3OS. The largest absolute Gasteiger partial charge is 0.309 e. The van der Waals surface area contributed by atoms with Crippen molar-refractivity contribution in [2.75, 3.05) is 32.1 Å². The molecule has 0 aliphatic heterocycles. The lowest BCUT2D eigenvalue weighted by Gasteiger charge is -2.21. The van der Waals surface area contributed by atoms with Gasteiger partial charge in [-0.05, 0) is 63.5 Å². The lowest BCUT2D eigenvalue weighted by Crippen LogP contribution is -2.33.